The number of para-hydroxylation sites is 1. The molecule has 0 bridgehead atoms. The van der Waals surface area contributed by atoms with Gasteiger partial charge < -0.3 is 19.5 Å². The number of ether oxygens (including phenoxy) is 3. The molecule has 1 aromatic heterocycles. The lowest BCUT2D eigenvalue weighted by Gasteiger charge is -2.30. The van der Waals surface area contributed by atoms with E-state index in [2.05, 4.69) is 17.1 Å². The van der Waals surface area contributed by atoms with E-state index in [1.54, 1.807) is 25.3 Å². The molecule has 2 aromatic carbocycles. The van der Waals surface area contributed by atoms with Gasteiger partial charge in [0.2, 0.25) is 0 Å². The normalized spacial score (nSPS) is 14.1. The number of nitrogens with zero attached hydrogens (tertiary/aromatic N) is 2. The number of esters is 1. The Bertz CT molecular complexity index is 1260. The van der Waals surface area contributed by atoms with Crippen LogP contribution in [0, 0.1) is 0 Å². The number of hydrogen-bond acceptors (Lipinski definition) is 7. The molecule has 1 atom stereocenters. The van der Waals surface area contributed by atoms with Crippen LogP contribution in [0.3, 0.4) is 0 Å². The Morgan fingerprint density at radius 2 is 1.92 bits per heavy atom. The maximum Gasteiger partial charge on any atom is 0.340 e. The van der Waals surface area contributed by atoms with Crippen molar-refractivity contribution in [2.45, 2.75) is 45.8 Å². The summed E-state index contributed by atoms with van der Waals surface area (Å²) < 4.78 is 16.4. The fourth-order valence-corrected chi connectivity index (χ4v) is 4.61. The molecule has 0 saturated heterocycles. The lowest BCUT2D eigenvalue weighted by atomic mass is 9.95. The van der Waals surface area contributed by atoms with E-state index in [4.69, 9.17) is 19.2 Å². The third-order valence-corrected chi connectivity index (χ3v) is 6.45. The summed E-state index contributed by atoms with van der Waals surface area (Å²) in [4.78, 5) is 33.9. The summed E-state index contributed by atoms with van der Waals surface area (Å²) >= 11 is 0. The van der Waals surface area contributed by atoms with Gasteiger partial charge in [0.05, 0.1) is 31.0 Å². The lowest BCUT2D eigenvalue weighted by Crippen LogP contribution is -2.35. The second-order valence-electron chi connectivity index (χ2n) is 8.81. The minimum absolute atomic E-state index is 0.323. The van der Waals surface area contributed by atoms with E-state index >= 15 is 0 Å². The predicted octanol–water partition coefficient (Wildman–Crippen LogP) is 4.59. The summed E-state index contributed by atoms with van der Waals surface area (Å²) in [5.41, 5.74) is 3.55. The van der Waals surface area contributed by atoms with Gasteiger partial charge in [-0.1, -0.05) is 32.0 Å². The standard InChI is InChI=1S/C28H33N3O5/c1-5-14-31-15-13-22-20(17-31)26(19-9-7-8-10-21(19)29-22)28(33)36-24(6-2)27(32)30-23-12-11-18(34-3)16-25(23)35-4/h7-12,16,24H,5-6,13-15,17H2,1-4H3,(H,30,32). The predicted molar refractivity (Wildman–Crippen MR) is 139 cm³/mol. The van der Waals surface area contributed by atoms with Crippen molar-refractivity contribution < 1.29 is 23.8 Å². The summed E-state index contributed by atoms with van der Waals surface area (Å²) in [6.07, 6.45) is 1.16. The first-order chi connectivity index (χ1) is 17.5. The number of carbonyl (C=O) groups is 2. The van der Waals surface area contributed by atoms with Crippen molar-refractivity contribution in [2.75, 3.05) is 32.6 Å². The van der Waals surface area contributed by atoms with E-state index in [0.717, 1.165) is 48.1 Å². The lowest BCUT2D eigenvalue weighted by molar-refractivity contribution is -0.124. The number of benzene rings is 2. The Hall–Kier alpha value is -3.65. The summed E-state index contributed by atoms with van der Waals surface area (Å²) in [6, 6.07) is 12.7. The van der Waals surface area contributed by atoms with Crippen molar-refractivity contribution in [2.24, 2.45) is 0 Å². The van der Waals surface area contributed by atoms with Crippen LogP contribution in [-0.4, -0.2) is 55.2 Å². The second kappa shape index (κ2) is 11.4. The van der Waals surface area contributed by atoms with Crippen LogP contribution < -0.4 is 14.8 Å². The molecule has 0 spiro atoms. The van der Waals surface area contributed by atoms with Crippen LogP contribution in [0.2, 0.25) is 0 Å². The molecule has 1 amide bonds. The third kappa shape index (κ3) is 5.28. The summed E-state index contributed by atoms with van der Waals surface area (Å²) in [7, 11) is 3.07. The zero-order valence-corrected chi connectivity index (χ0v) is 21.3. The van der Waals surface area contributed by atoms with Gasteiger partial charge in [-0.25, -0.2) is 4.79 Å². The molecule has 3 aromatic rings. The summed E-state index contributed by atoms with van der Waals surface area (Å²) in [5.74, 6) is 0.130. The van der Waals surface area contributed by atoms with E-state index in [-0.39, 0.29) is 0 Å². The quantitative estimate of drug-likeness (QED) is 0.438. The molecule has 0 fully saturated rings. The molecule has 190 valence electrons. The molecule has 1 aliphatic rings. The average Bonchev–Trinajstić information content (AvgIpc) is 2.90. The minimum Gasteiger partial charge on any atom is -0.497 e. The van der Waals surface area contributed by atoms with E-state index in [1.165, 1.54) is 7.11 Å². The van der Waals surface area contributed by atoms with Crippen LogP contribution in [0.15, 0.2) is 42.5 Å². The molecule has 0 saturated carbocycles. The number of anilines is 1. The van der Waals surface area contributed by atoms with Gasteiger partial charge in [0, 0.05) is 42.2 Å². The first-order valence-corrected chi connectivity index (χ1v) is 12.4. The Labute approximate surface area is 211 Å². The van der Waals surface area contributed by atoms with Crippen molar-refractivity contribution in [1.29, 1.82) is 0 Å². The van der Waals surface area contributed by atoms with Crippen LogP contribution in [0.4, 0.5) is 5.69 Å². The number of fused-ring (bicyclic) bond motifs is 2. The zero-order valence-electron chi connectivity index (χ0n) is 21.3. The number of rotatable bonds is 9. The molecule has 36 heavy (non-hydrogen) atoms. The smallest absolute Gasteiger partial charge is 0.340 e. The highest BCUT2D eigenvalue weighted by Crippen LogP contribution is 2.31. The largest absolute Gasteiger partial charge is 0.497 e. The number of carbonyl (C=O) groups excluding carboxylic acids is 2. The number of aromatic nitrogens is 1. The molecule has 1 aliphatic heterocycles. The van der Waals surface area contributed by atoms with Crippen LogP contribution in [0.5, 0.6) is 11.5 Å². The Morgan fingerprint density at radius 3 is 2.64 bits per heavy atom. The third-order valence-electron chi connectivity index (χ3n) is 6.45. The van der Waals surface area contributed by atoms with E-state index < -0.39 is 18.0 Å². The van der Waals surface area contributed by atoms with Crippen LogP contribution in [-0.2, 0) is 22.5 Å². The monoisotopic (exact) mass is 491 g/mol. The van der Waals surface area contributed by atoms with Gasteiger partial charge >= 0.3 is 5.97 Å². The van der Waals surface area contributed by atoms with Crippen LogP contribution in [0.1, 0.15) is 48.3 Å². The molecule has 8 heteroatoms. The van der Waals surface area contributed by atoms with Crippen molar-refractivity contribution in [3.63, 3.8) is 0 Å². The molecule has 1 N–H and O–H groups in total. The Morgan fingerprint density at radius 1 is 1.11 bits per heavy atom. The number of amides is 1. The fraction of sp³-hybridized carbons (Fsp3) is 0.393. The number of pyridine rings is 1. The Balaban J connectivity index is 1.62. The summed E-state index contributed by atoms with van der Waals surface area (Å²) in [6.45, 7) is 6.45. The molecule has 0 aliphatic carbocycles. The Kier molecular flexibility index (Phi) is 8.05. The van der Waals surface area contributed by atoms with Crippen molar-refractivity contribution in [1.82, 2.24) is 9.88 Å². The van der Waals surface area contributed by atoms with E-state index in [1.807, 2.05) is 31.2 Å². The summed E-state index contributed by atoms with van der Waals surface area (Å²) in [5, 5.41) is 3.57. The molecular formula is C28H33N3O5. The van der Waals surface area contributed by atoms with Gasteiger partial charge in [0.1, 0.15) is 11.5 Å². The first kappa shape index (κ1) is 25.4. The SMILES string of the molecule is CCCN1CCc2nc3ccccc3c(C(=O)OC(CC)C(=O)Nc3ccc(OC)cc3OC)c2C1. The van der Waals surface area contributed by atoms with Gasteiger partial charge in [-0.2, -0.15) is 0 Å². The molecule has 2 heterocycles. The van der Waals surface area contributed by atoms with Crippen molar-refractivity contribution >= 4 is 28.5 Å². The van der Waals surface area contributed by atoms with Gasteiger partial charge in [-0.3, -0.25) is 14.7 Å². The number of nitrogens with one attached hydrogen (secondary N) is 1. The number of hydrogen-bond donors (Lipinski definition) is 1. The van der Waals surface area contributed by atoms with Gasteiger partial charge in [0.15, 0.2) is 6.10 Å². The zero-order chi connectivity index (χ0) is 25.7. The molecule has 1 unspecified atom stereocenters. The highest BCUT2D eigenvalue weighted by atomic mass is 16.5. The fourth-order valence-electron chi connectivity index (χ4n) is 4.61. The highest BCUT2D eigenvalue weighted by Gasteiger charge is 2.29. The topological polar surface area (TPSA) is 90.0 Å². The van der Waals surface area contributed by atoms with Gasteiger partial charge in [-0.15, -0.1) is 0 Å². The minimum atomic E-state index is -0.970. The second-order valence-corrected chi connectivity index (χ2v) is 8.81. The van der Waals surface area contributed by atoms with Crippen LogP contribution in [0.25, 0.3) is 10.9 Å². The maximum absolute atomic E-state index is 13.6. The van der Waals surface area contributed by atoms with Crippen molar-refractivity contribution in [3.8, 4) is 11.5 Å². The first-order valence-electron chi connectivity index (χ1n) is 12.4. The van der Waals surface area contributed by atoms with Crippen molar-refractivity contribution in [3.05, 3.63) is 59.3 Å². The molecule has 8 nitrogen and oxygen atoms in total. The highest BCUT2D eigenvalue weighted by molar-refractivity contribution is 6.06. The van der Waals surface area contributed by atoms with Gasteiger partial charge in [-0.05, 0) is 37.6 Å². The van der Waals surface area contributed by atoms with Crippen LogP contribution >= 0.6 is 0 Å². The van der Waals surface area contributed by atoms with E-state index in [0.29, 0.717) is 35.7 Å². The molecule has 4 rings (SSSR count). The van der Waals surface area contributed by atoms with Gasteiger partial charge in [0.25, 0.3) is 5.91 Å². The number of methoxy groups -OCH3 is 2. The van der Waals surface area contributed by atoms with E-state index in [9.17, 15) is 9.59 Å². The molecule has 0 radical (unpaired) electrons. The molecular weight excluding hydrogens is 458 g/mol. The maximum atomic E-state index is 13.6. The average molecular weight is 492 g/mol.